The Morgan fingerprint density at radius 1 is 1.29 bits per heavy atom. The Kier molecular flexibility index (Phi) is 5.57. The van der Waals surface area contributed by atoms with E-state index in [4.69, 9.17) is 5.41 Å². The Labute approximate surface area is 160 Å². The highest BCUT2D eigenvalue weighted by Crippen LogP contribution is 2.17. The van der Waals surface area contributed by atoms with Crippen LogP contribution in [0.2, 0.25) is 0 Å². The van der Waals surface area contributed by atoms with Crippen LogP contribution in [0.5, 0.6) is 0 Å². The average molecular weight is 411 g/mol. The standard InChI is InChI=1S/C17H19F2N5O3S/c1-28(26,27)24-7-5-10(6-8-24)22-17-21-9-11(16(20)23-17)15(25)14-12(18)3-2-4-13(14)19/h2-4,9-10H,5-8H2,1H3,(H3,20,21,22,23). The summed E-state index contributed by atoms with van der Waals surface area (Å²) >= 11 is 0. The predicted molar refractivity (Wildman–Crippen MR) is 97.3 cm³/mol. The summed E-state index contributed by atoms with van der Waals surface area (Å²) in [6, 6.07) is 3.02. The van der Waals surface area contributed by atoms with Crippen molar-refractivity contribution in [1.29, 1.82) is 5.41 Å². The number of rotatable bonds is 5. The zero-order valence-electron chi connectivity index (χ0n) is 15.0. The normalized spacial score (nSPS) is 16.1. The molecule has 0 spiro atoms. The molecule has 1 aliphatic rings. The third-order valence-electron chi connectivity index (χ3n) is 4.53. The average Bonchev–Trinajstić information content (AvgIpc) is 2.61. The number of carbonyl (C=O) groups is 1. The predicted octanol–water partition coefficient (Wildman–Crippen LogP) is 1.23. The number of hydrogen-bond acceptors (Lipinski definition) is 6. The molecule has 0 bridgehead atoms. The van der Waals surface area contributed by atoms with Gasteiger partial charge >= 0.3 is 0 Å². The minimum atomic E-state index is -3.22. The molecule has 1 aromatic heterocycles. The smallest absolute Gasteiger partial charge is 0.211 e. The zero-order valence-corrected chi connectivity index (χ0v) is 15.8. The number of nitrogens with one attached hydrogen (secondary N) is 3. The van der Waals surface area contributed by atoms with Gasteiger partial charge in [-0.1, -0.05) is 6.07 Å². The molecule has 0 amide bonds. The topological polar surface area (TPSA) is 119 Å². The van der Waals surface area contributed by atoms with Crippen LogP contribution in [0.3, 0.4) is 0 Å². The van der Waals surface area contributed by atoms with Gasteiger partial charge in [0.25, 0.3) is 0 Å². The van der Waals surface area contributed by atoms with Crippen molar-refractivity contribution in [2.24, 2.45) is 0 Å². The zero-order chi connectivity index (χ0) is 20.5. The Bertz CT molecular complexity index is 1040. The van der Waals surface area contributed by atoms with Gasteiger partial charge in [0.1, 0.15) is 17.1 Å². The van der Waals surface area contributed by atoms with Crippen molar-refractivity contribution in [3.8, 4) is 0 Å². The number of sulfonamides is 1. The number of piperidine rings is 1. The summed E-state index contributed by atoms with van der Waals surface area (Å²) in [6.45, 7) is 0.737. The Morgan fingerprint density at radius 3 is 2.43 bits per heavy atom. The first-order valence-electron chi connectivity index (χ1n) is 8.51. The van der Waals surface area contributed by atoms with Crippen LogP contribution in [0, 0.1) is 17.0 Å². The van der Waals surface area contributed by atoms with Crippen molar-refractivity contribution >= 4 is 21.8 Å². The third-order valence-corrected chi connectivity index (χ3v) is 5.84. The van der Waals surface area contributed by atoms with Crippen LogP contribution in [-0.2, 0) is 10.0 Å². The van der Waals surface area contributed by atoms with Gasteiger partial charge in [0, 0.05) is 25.3 Å². The van der Waals surface area contributed by atoms with E-state index in [2.05, 4.69) is 15.3 Å². The van der Waals surface area contributed by atoms with Gasteiger partial charge in [-0.15, -0.1) is 0 Å². The molecule has 1 saturated heterocycles. The van der Waals surface area contributed by atoms with Crippen LogP contribution in [0.4, 0.5) is 14.7 Å². The maximum atomic E-state index is 13.8. The van der Waals surface area contributed by atoms with Gasteiger partial charge in [0.2, 0.25) is 21.8 Å². The van der Waals surface area contributed by atoms with Crippen LogP contribution in [-0.4, -0.2) is 53.9 Å². The maximum Gasteiger partial charge on any atom is 0.211 e. The molecular weight excluding hydrogens is 392 g/mol. The second-order valence-corrected chi connectivity index (χ2v) is 8.51. The van der Waals surface area contributed by atoms with Gasteiger partial charge in [-0.05, 0) is 25.0 Å². The molecular formula is C17H19F2N5O3S. The molecule has 0 unspecified atom stereocenters. The summed E-state index contributed by atoms with van der Waals surface area (Å²) in [6.07, 6.45) is 3.35. The second kappa shape index (κ2) is 7.76. The van der Waals surface area contributed by atoms with Crippen molar-refractivity contribution < 1.29 is 22.0 Å². The van der Waals surface area contributed by atoms with Crippen molar-refractivity contribution in [2.75, 3.05) is 24.7 Å². The lowest BCUT2D eigenvalue weighted by Gasteiger charge is -2.30. The molecule has 0 aliphatic carbocycles. The summed E-state index contributed by atoms with van der Waals surface area (Å²) in [5.41, 5.74) is -1.33. The molecule has 150 valence electrons. The van der Waals surface area contributed by atoms with Gasteiger partial charge in [-0.2, -0.15) is 0 Å². The molecule has 1 fully saturated rings. The number of anilines is 1. The number of halogens is 2. The Balaban J connectivity index is 1.73. The lowest BCUT2D eigenvalue weighted by atomic mass is 10.0. The third kappa shape index (κ3) is 4.25. The Hall–Kier alpha value is -2.66. The van der Waals surface area contributed by atoms with E-state index in [0.29, 0.717) is 25.9 Å². The highest BCUT2D eigenvalue weighted by Gasteiger charge is 2.25. The fraction of sp³-hybridized carbons (Fsp3) is 0.353. The summed E-state index contributed by atoms with van der Waals surface area (Å²) in [4.78, 5) is 19.0. The maximum absolute atomic E-state index is 13.8. The summed E-state index contributed by atoms with van der Waals surface area (Å²) in [5, 5.41) is 11.0. The minimum absolute atomic E-state index is 0.0632. The van der Waals surface area contributed by atoms with Crippen LogP contribution in [0.15, 0.2) is 24.4 Å². The summed E-state index contributed by atoms with van der Waals surface area (Å²) in [7, 11) is -3.22. The molecule has 11 heteroatoms. The number of H-pyrrole nitrogens is 1. The fourth-order valence-electron chi connectivity index (χ4n) is 3.03. The van der Waals surface area contributed by atoms with E-state index < -0.39 is 33.0 Å². The monoisotopic (exact) mass is 411 g/mol. The molecule has 0 atom stereocenters. The Morgan fingerprint density at radius 2 is 1.89 bits per heavy atom. The molecule has 3 N–H and O–H groups in total. The SMILES string of the molecule is CS(=O)(=O)N1CCC(Nc2ncc(C(=O)c3c(F)cccc3F)c(=N)[nH]2)CC1. The van der Waals surface area contributed by atoms with Crippen LogP contribution in [0.25, 0.3) is 0 Å². The number of nitrogens with zero attached hydrogens (tertiary/aromatic N) is 2. The number of benzene rings is 1. The largest absolute Gasteiger partial charge is 0.353 e. The lowest BCUT2D eigenvalue weighted by molar-refractivity contribution is 0.102. The highest BCUT2D eigenvalue weighted by atomic mass is 32.2. The van der Waals surface area contributed by atoms with E-state index >= 15 is 0 Å². The van der Waals surface area contributed by atoms with E-state index in [1.165, 1.54) is 4.31 Å². The second-order valence-electron chi connectivity index (χ2n) is 6.53. The molecule has 0 saturated carbocycles. The molecule has 1 aromatic carbocycles. The first-order valence-corrected chi connectivity index (χ1v) is 10.4. The minimum Gasteiger partial charge on any atom is -0.353 e. The fourth-order valence-corrected chi connectivity index (χ4v) is 3.91. The van der Waals surface area contributed by atoms with Gasteiger partial charge in [0.15, 0.2) is 0 Å². The van der Waals surface area contributed by atoms with Gasteiger partial charge in [-0.25, -0.2) is 26.5 Å². The van der Waals surface area contributed by atoms with Gasteiger partial charge in [0.05, 0.1) is 17.4 Å². The number of aromatic nitrogens is 2. The van der Waals surface area contributed by atoms with E-state index in [-0.39, 0.29) is 23.0 Å². The lowest BCUT2D eigenvalue weighted by Crippen LogP contribution is -2.42. The quantitative estimate of drug-likeness (QED) is 0.640. The van der Waals surface area contributed by atoms with Crippen LogP contribution >= 0.6 is 0 Å². The highest BCUT2D eigenvalue weighted by molar-refractivity contribution is 7.88. The van der Waals surface area contributed by atoms with Gasteiger partial charge in [-0.3, -0.25) is 10.2 Å². The van der Waals surface area contributed by atoms with E-state index in [9.17, 15) is 22.0 Å². The number of carbonyl (C=O) groups excluding carboxylic acids is 1. The van der Waals surface area contributed by atoms with Crippen molar-refractivity contribution in [1.82, 2.24) is 14.3 Å². The molecule has 3 rings (SSSR count). The molecule has 8 nitrogen and oxygen atoms in total. The van der Waals surface area contributed by atoms with E-state index in [0.717, 1.165) is 30.7 Å². The first kappa shape index (κ1) is 20.1. The summed E-state index contributed by atoms with van der Waals surface area (Å²) in [5.74, 6) is -2.78. The molecule has 28 heavy (non-hydrogen) atoms. The van der Waals surface area contributed by atoms with Crippen molar-refractivity contribution in [2.45, 2.75) is 18.9 Å². The van der Waals surface area contributed by atoms with Crippen LogP contribution in [0.1, 0.15) is 28.8 Å². The van der Waals surface area contributed by atoms with Crippen molar-refractivity contribution in [3.63, 3.8) is 0 Å². The van der Waals surface area contributed by atoms with E-state index in [1.807, 2.05) is 0 Å². The number of hydrogen-bond donors (Lipinski definition) is 3. The van der Waals surface area contributed by atoms with Crippen molar-refractivity contribution in [3.05, 3.63) is 52.6 Å². The van der Waals surface area contributed by atoms with Crippen LogP contribution < -0.4 is 10.8 Å². The molecule has 1 aliphatic heterocycles. The van der Waals surface area contributed by atoms with Gasteiger partial charge < -0.3 is 10.3 Å². The summed E-state index contributed by atoms with van der Waals surface area (Å²) < 4.78 is 52.1. The molecule has 0 radical (unpaired) electrons. The molecule has 2 heterocycles. The first-order chi connectivity index (χ1) is 13.2. The molecule has 2 aromatic rings. The van der Waals surface area contributed by atoms with E-state index in [1.54, 1.807) is 0 Å². The number of ketones is 1. The number of aromatic amines is 1.